The van der Waals surface area contributed by atoms with E-state index in [1.54, 1.807) is 5.48 Å². The molecule has 0 spiro atoms. The Balaban J connectivity index is 3.28. The first-order valence-electron chi connectivity index (χ1n) is 3.72. The number of phenolic OH excluding ortho intramolecular Hbond substituents is 1. The van der Waals surface area contributed by atoms with Crippen LogP contribution < -0.4 is 10.2 Å². The molecule has 14 heavy (non-hydrogen) atoms. The monoisotopic (exact) mass is 265 g/mol. The number of hydrogen-bond donors (Lipinski definition) is 3. The standard InChI is InChI=1S/C8H9BrFNO3/c1-14-8-5(9)2-6(10)4(3-11-13)7(8)12/h2,11-13H,3H2,1H3. The van der Waals surface area contributed by atoms with E-state index in [4.69, 9.17) is 9.94 Å². The SMILES string of the molecule is COc1c(Br)cc(F)c(CNO)c1O. The normalized spacial score (nSPS) is 10.3. The molecule has 3 N–H and O–H groups in total. The third kappa shape index (κ3) is 1.97. The maximum absolute atomic E-state index is 13.2. The molecule has 0 fully saturated rings. The van der Waals surface area contributed by atoms with Crippen molar-refractivity contribution in [3.05, 3.63) is 21.9 Å². The van der Waals surface area contributed by atoms with Crippen LogP contribution in [0.2, 0.25) is 0 Å². The Morgan fingerprint density at radius 1 is 1.64 bits per heavy atom. The first-order valence-corrected chi connectivity index (χ1v) is 4.52. The minimum atomic E-state index is -0.628. The van der Waals surface area contributed by atoms with Crippen molar-refractivity contribution in [2.24, 2.45) is 0 Å². The van der Waals surface area contributed by atoms with E-state index in [0.717, 1.165) is 6.07 Å². The van der Waals surface area contributed by atoms with Gasteiger partial charge < -0.3 is 15.1 Å². The molecule has 0 radical (unpaired) electrons. The number of hydroxylamine groups is 1. The molecule has 0 heterocycles. The minimum Gasteiger partial charge on any atom is -0.504 e. The van der Waals surface area contributed by atoms with Crippen LogP contribution in [-0.2, 0) is 6.54 Å². The molecule has 0 unspecified atom stereocenters. The third-order valence-corrected chi connectivity index (χ3v) is 2.31. The first-order chi connectivity index (χ1) is 6.61. The fourth-order valence-corrected chi connectivity index (χ4v) is 1.62. The van der Waals surface area contributed by atoms with Gasteiger partial charge in [-0.15, -0.1) is 0 Å². The summed E-state index contributed by atoms with van der Waals surface area (Å²) in [4.78, 5) is 0. The van der Waals surface area contributed by atoms with Crippen molar-refractivity contribution in [3.63, 3.8) is 0 Å². The number of benzene rings is 1. The van der Waals surface area contributed by atoms with Gasteiger partial charge in [0.05, 0.1) is 18.1 Å². The van der Waals surface area contributed by atoms with E-state index in [1.165, 1.54) is 7.11 Å². The Morgan fingerprint density at radius 3 is 2.79 bits per heavy atom. The number of phenols is 1. The van der Waals surface area contributed by atoms with E-state index in [2.05, 4.69) is 15.9 Å². The fourth-order valence-electron chi connectivity index (χ4n) is 1.07. The summed E-state index contributed by atoms with van der Waals surface area (Å²) in [6.45, 7) is -0.193. The largest absolute Gasteiger partial charge is 0.504 e. The molecule has 0 bridgehead atoms. The van der Waals surface area contributed by atoms with Crippen LogP contribution in [0.25, 0.3) is 0 Å². The molecule has 0 aliphatic carbocycles. The van der Waals surface area contributed by atoms with Crippen molar-refractivity contribution in [2.75, 3.05) is 7.11 Å². The molecule has 0 saturated heterocycles. The predicted octanol–water partition coefficient (Wildman–Crippen LogP) is 1.78. The summed E-state index contributed by atoms with van der Waals surface area (Å²) in [6.07, 6.45) is 0. The molecule has 6 heteroatoms. The zero-order valence-corrected chi connectivity index (χ0v) is 8.93. The molecule has 78 valence electrons. The maximum atomic E-state index is 13.2. The zero-order chi connectivity index (χ0) is 10.7. The lowest BCUT2D eigenvalue weighted by molar-refractivity contribution is 0.158. The summed E-state index contributed by atoms with van der Waals surface area (Å²) in [6, 6.07) is 1.16. The molecule has 1 aromatic rings. The molecular weight excluding hydrogens is 257 g/mol. The van der Waals surface area contributed by atoms with Crippen LogP contribution in [0, 0.1) is 5.82 Å². The molecule has 0 aliphatic rings. The van der Waals surface area contributed by atoms with Crippen LogP contribution in [0.4, 0.5) is 4.39 Å². The first kappa shape index (κ1) is 11.2. The van der Waals surface area contributed by atoms with Crippen LogP contribution in [0.1, 0.15) is 5.56 Å². The van der Waals surface area contributed by atoms with Gasteiger partial charge in [-0.3, -0.25) is 0 Å². The molecule has 4 nitrogen and oxygen atoms in total. The van der Waals surface area contributed by atoms with Gasteiger partial charge in [0.15, 0.2) is 11.5 Å². The maximum Gasteiger partial charge on any atom is 0.175 e. The number of rotatable bonds is 3. The number of methoxy groups -OCH3 is 1. The van der Waals surface area contributed by atoms with Crippen molar-refractivity contribution in [1.82, 2.24) is 5.48 Å². The van der Waals surface area contributed by atoms with Crippen molar-refractivity contribution in [3.8, 4) is 11.5 Å². The van der Waals surface area contributed by atoms with Crippen LogP contribution in [0.3, 0.4) is 0 Å². The second-order valence-corrected chi connectivity index (χ2v) is 3.39. The Kier molecular flexibility index (Phi) is 3.68. The number of ether oxygens (including phenoxy) is 1. The van der Waals surface area contributed by atoms with Crippen LogP contribution in [0.15, 0.2) is 10.5 Å². The van der Waals surface area contributed by atoms with E-state index in [0.29, 0.717) is 4.47 Å². The van der Waals surface area contributed by atoms with Gasteiger partial charge in [0.25, 0.3) is 0 Å². The average molecular weight is 266 g/mol. The summed E-state index contributed by atoms with van der Waals surface area (Å²) in [5.74, 6) is -0.825. The lowest BCUT2D eigenvalue weighted by atomic mass is 10.1. The second kappa shape index (κ2) is 4.59. The lowest BCUT2D eigenvalue weighted by Gasteiger charge is -2.11. The quantitative estimate of drug-likeness (QED) is 0.730. The second-order valence-electron chi connectivity index (χ2n) is 2.54. The Bertz CT molecular complexity index is 346. The van der Waals surface area contributed by atoms with E-state index < -0.39 is 5.82 Å². The molecule has 1 rings (SSSR count). The van der Waals surface area contributed by atoms with Gasteiger partial charge in [-0.25, -0.2) is 9.87 Å². The fraction of sp³-hybridized carbons (Fsp3) is 0.250. The molecule has 0 aliphatic heterocycles. The molecular formula is C8H9BrFNO3. The number of hydrogen-bond acceptors (Lipinski definition) is 4. The smallest absolute Gasteiger partial charge is 0.175 e. The van der Waals surface area contributed by atoms with Gasteiger partial charge in [-0.1, -0.05) is 0 Å². The highest BCUT2D eigenvalue weighted by Gasteiger charge is 2.16. The summed E-state index contributed by atoms with van der Waals surface area (Å²) in [5, 5.41) is 18.0. The molecule has 1 aromatic carbocycles. The van der Waals surface area contributed by atoms with E-state index in [1.807, 2.05) is 0 Å². The van der Waals surface area contributed by atoms with Crippen LogP contribution in [0.5, 0.6) is 11.5 Å². The van der Waals surface area contributed by atoms with E-state index >= 15 is 0 Å². The zero-order valence-electron chi connectivity index (χ0n) is 7.34. The van der Waals surface area contributed by atoms with E-state index in [9.17, 15) is 9.50 Å². The Labute approximate surface area is 88.4 Å². The lowest BCUT2D eigenvalue weighted by Crippen LogP contribution is -2.08. The highest BCUT2D eigenvalue weighted by atomic mass is 79.9. The molecule has 0 atom stereocenters. The number of halogens is 2. The van der Waals surface area contributed by atoms with Crippen LogP contribution in [-0.4, -0.2) is 17.4 Å². The highest BCUT2D eigenvalue weighted by molar-refractivity contribution is 9.10. The Hall–Kier alpha value is -0.850. The van der Waals surface area contributed by atoms with Crippen molar-refractivity contribution in [2.45, 2.75) is 6.54 Å². The van der Waals surface area contributed by atoms with Gasteiger partial charge in [0, 0.05) is 5.56 Å². The Morgan fingerprint density at radius 2 is 2.29 bits per heavy atom. The molecule has 0 aromatic heterocycles. The average Bonchev–Trinajstić information content (AvgIpc) is 2.12. The summed E-state index contributed by atoms with van der Waals surface area (Å²) in [7, 11) is 1.36. The number of nitrogens with one attached hydrogen (secondary N) is 1. The van der Waals surface area contributed by atoms with Crippen LogP contribution >= 0.6 is 15.9 Å². The van der Waals surface area contributed by atoms with Gasteiger partial charge in [-0.2, -0.15) is 0 Å². The third-order valence-electron chi connectivity index (χ3n) is 1.72. The van der Waals surface area contributed by atoms with Gasteiger partial charge in [-0.05, 0) is 22.0 Å². The summed E-state index contributed by atoms with van der Waals surface area (Å²) < 4.78 is 18.4. The van der Waals surface area contributed by atoms with Crippen molar-refractivity contribution < 1.29 is 19.4 Å². The summed E-state index contributed by atoms with van der Waals surface area (Å²) >= 11 is 3.04. The highest BCUT2D eigenvalue weighted by Crippen LogP contribution is 2.38. The minimum absolute atomic E-state index is 0.0486. The topological polar surface area (TPSA) is 61.7 Å². The van der Waals surface area contributed by atoms with E-state index in [-0.39, 0.29) is 23.6 Å². The van der Waals surface area contributed by atoms with Crippen molar-refractivity contribution >= 4 is 15.9 Å². The van der Waals surface area contributed by atoms with Gasteiger partial charge >= 0.3 is 0 Å². The number of aromatic hydroxyl groups is 1. The van der Waals surface area contributed by atoms with Crippen molar-refractivity contribution in [1.29, 1.82) is 0 Å². The predicted molar refractivity (Wildman–Crippen MR) is 50.9 cm³/mol. The van der Waals surface area contributed by atoms with Gasteiger partial charge in [0.2, 0.25) is 0 Å². The summed E-state index contributed by atoms with van der Waals surface area (Å²) in [5.41, 5.74) is 1.72. The van der Waals surface area contributed by atoms with Gasteiger partial charge in [0.1, 0.15) is 5.82 Å². The molecule has 0 saturated carbocycles. The molecule has 0 amide bonds.